The smallest absolute Gasteiger partial charge is 0.111 e. The standard InChI is InChI=1S/C9H10O/c1-5-8(2)6-7-9(3)10-4/h1,6-7H,2-3H2,4H3/b7-6-. The van der Waals surface area contributed by atoms with Crippen molar-refractivity contribution in [3.63, 3.8) is 0 Å². The van der Waals surface area contributed by atoms with E-state index < -0.39 is 0 Å². The average molecular weight is 134 g/mol. The van der Waals surface area contributed by atoms with Gasteiger partial charge in [-0.2, -0.15) is 0 Å². The zero-order valence-corrected chi connectivity index (χ0v) is 6.05. The molecular formula is C9H10O. The Hall–Kier alpha value is -1.42. The second kappa shape index (κ2) is 4.46. The van der Waals surface area contributed by atoms with Crippen LogP contribution >= 0.6 is 0 Å². The zero-order chi connectivity index (χ0) is 7.98. The Bertz CT molecular complexity index is 203. The number of hydrogen-bond acceptors (Lipinski definition) is 1. The molecule has 0 fully saturated rings. The Labute approximate surface area is 61.7 Å². The molecule has 1 heteroatoms. The van der Waals surface area contributed by atoms with E-state index in [0.717, 1.165) is 0 Å². The zero-order valence-electron chi connectivity index (χ0n) is 6.05. The van der Waals surface area contributed by atoms with Crippen LogP contribution in [-0.2, 0) is 4.74 Å². The van der Waals surface area contributed by atoms with Gasteiger partial charge < -0.3 is 4.74 Å². The summed E-state index contributed by atoms with van der Waals surface area (Å²) in [6, 6.07) is 0. The Kier molecular flexibility index (Phi) is 3.83. The van der Waals surface area contributed by atoms with Gasteiger partial charge in [0.15, 0.2) is 0 Å². The Balaban J connectivity index is 3.91. The lowest BCUT2D eigenvalue weighted by Crippen LogP contribution is -1.77. The first-order chi connectivity index (χ1) is 4.70. The second-order valence-corrected chi connectivity index (χ2v) is 1.67. The van der Waals surface area contributed by atoms with Gasteiger partial charge in [-0.3, -0.25) is 0 Å². The van der Waals surface area contributed by atoms with Gasteiger partial charge in [0.25, 0.3) is 0 Å². The molecule has 52 valence electrons. The molecule has 0 aliphatic carbocycles. The van der Waals surface area contributed by atoms with Gasteiger partial charge in [0.2, 0.25) is 0 Å². The Morgan fingerprint density at radius 1 is 1.50 bits per heavy atom. The van der Waals surface area contributed by atoms with Crippen LogP contribution in [0.4, 0.5) is 0 Å². The molecular weight excluding hydrogens is 124 g/mol. The minimum Gasteiger partial charge on any atom is -0.497 e. The van der Waals surface area contributed by atoms with Gasteiger partial charge in [-0.1, -0.05) is 19.1 Å². The molecule has 0 aromatic heterocycles. The van der Waals surface area contributed by atoms with Crippen LogP contribution in [-0.4, -0.2) is 7.11 Å². The number of rotatable bonds is 3. The summed E-state index contributed by atoms with van der Waals surface area (Å²) < 4.78 is 4.75. The van der Waals surface area contributed by atoms with Gasteiger partial charge in [0, 0.05) is 5.57 Å². The Morgan fingerprint density at radius 2 is 2.10 bits per heavy atom. The van der Waals surface area contributed by atoms with Crippen LogP contribution in [0, 0.1) is 12.3 Å². The van der Waals surface area contributed by atoms with Crippen molar-refractivity contribution in [3.8, 4) is 12.3 Å². The molecule has 0 rings (SSSR count). The highest BCUT2D eigenvalue weighted by molar-refractivity contribution is 5.35. The maximum absolute atomic E-state index is 5.03. The average Bonchev–Trinajstić information content (AvgIpc) is 1.99. The number of methoxy groups -OCH3 is 1. The van der Waals surface area contributed by atoms with Crippen molar-refractivity contribution in [2.24, 2.45) is 0 Å². The minimum absolute atomic E-state index is 0.566. The summed E-state index contributed by atoms with van der Waals surface area (Å²) in [6.07, 6.45) is 8.37. The van der Waals surface area contributed by atoms with E-state index in [1.807, 2.05) is 0 Å². The van der Waals surface area contributed by atoms with Crippen LogP contribution in [0.3, 0.4) is 0 Å². The lowest BCUT2D eigenvalue weighted by Gasteiger charge is -1.93. The molecule has 0 amide bonds. The van der Waals surface area contributed by atoms with E-state index in [4.69, 9.17) is 11.2 Å². The van der Waals surface area contributed by atoms with Gasteiger partial charge in [-0.15, -0.1) is 6.42 Å². The van der Waals surface area contributed by atoms with E-state index >= 15 is 0 Å². The van der Waals surface area contributed by atoms with E-state index in [1.54, 1.807) is 19.3 Å². The second-order valence-electron chi connectivity index (χ2n) is 1.67. The number of ether oxygens (including phenoxy) is 1. The van der Waals surface area contributed by atoms with Crippen LogP contribution in [0.25, 0.3) is 0 Å². The van der Waals surface area contributed by atoms with E-state index in [-0.39, 0.29) is 0 Å². The highest BCUT2D eigenvalue weighted by Gasteiger charge is 1.81. The quantitative estimate of drug-likeness (QED) is 0.325. The molecule has 0 saturated heterocycles. The van der Waals surface area contributed by atoms with Crippen molar-refractivity contribution in [2.75, 3.05) is 7.11 Å². The summed E-state index contributed by atoms with van der Waals surface area (Å²) in [5.41, 5.74) is 0.609. The molecule has 0 aliphatic rings. The summed E-state index contributed by atoms with van der Waals surface area (Å²) in [7, 11) is 1.55. The molecule has 0 unspecified atom stereocenters. The normalized spacial score (nSPS) is 8.80. The molecule has 0 N–H and O–H groups in total. The summed E-state index contributed by atoms with van der Waals surface area (Å²) >= 11 is 0. The van der Waals surface area contributed by atoms with Gasteiger partial charge >= 0.3 is 0 Å². The predicted molar refractivity (Wildman–Crippen MR) is 43.3 cm³/mol. The fourth-order valence-corrected chi connectivity index (χ4v) is 0.310. The van der Waals surface area contributed by atoms with E-state index in [2.05, 4.69) is 19.1 Å². The molecule has 0 heterocycles. The van der Waals surface area contributed by atoms with Crippen molar-refractivity contribution in [3.05, 3.63) is 36.6 Å². The molecule has 0 aromatic rings. The largest absolute Gasteiger partial charge is 0.497 e. The van der Waals surface area contributed by atoms with Gasteiger partial charge in [-0.05, 0) is 12.2 Å². The number of terminal acetylenes is 1. The fourth-order valence-electron chi connectivity index (χ4n) is 0.310. The third-order valence-corrected chi connectivity index (χ3v) is 0.918. The Morgan fingerprint density at radius 3 is 2.50 bits per heavy atom. The van der Waals surface area contributed by atoms with Crippen molar-refractivity contribution in [1.82, 2.24) is 0 Å². The third-order valence-electron chi connectivity index (χ3n) is 0.918. The first-order valence-corrected chi connectivity index (χ1v) is 2.77. The van der Waals surface area contributed by atoms with Crippen molar-refractivity contribution < 1.29 is 4.74 Å². The SMILES string of the molecule is C#CC(=C)/C=C\C(=C)OC. The van der Waals surface area contributed by atoms with Crippen LogP contribution in [0.5, 0.6) is 0 Å². The van der Waals surface area contributed by atoms with Crippen molar-refractivity contribution >= 4 is 0 Å². The van der Waals surface area contributed by atoms with E-state index in [0.29, 0.717) is 11.3 Å². The molecule has 1 nitrogen and oxygen atoms in total. The lowest BCUT2D eigenvalue weighted by molar-refractivity contribution is 0.309. The van der Waals surface area contributed by atoms with Gasteiger partial charge in [-0.25, -0.2) is 0 Å². The lowest BCUT2D eigenvalue weighted by atomic mass is 10.3. The van der Waals surface area contributed by atoms with Crippen molar-refractivity contribution in [1.29, 1.82) is 0 Å². The van der Waals surface area contributed by atoms with E-state index in [9.17, 15) is 0 Å². The third kappa shape index (κ3) is 3.57. The van der Waals surface area contributed by atoms with Gasteiger partial charge in [0.1, 0.15) is 5.76 Å². The molecule has 0 spiro atoms. The summed E-state index contributed by atoms with van der Waals surface area (Å²) in [5.74, 6) is 2.93. The molecule has 0 aliphatic heterocycles. The maximum atomic E-state index is 5.03. The summed E-state index contributed by atoms with van der Waals surface area (Å²) in [5, 5.41) is 0. The first kappa shape index (κ1) is 8.58. The van der Waals surface area contributed by atoms with E-state index in [1.165, 1.54) is 0 Å². The highest BCUT2D eigenvalue weighted by atomic mass is 16.5. The minimum atomic E-state index is 0.566. The summed E-state index contributed by atoms with van der Waals surface area (Å²) in [6.45, 7) is 7.12. The van der Waals surface area contributed by atoms with Crippen molar-refractivity contribution in [2.45, 2.75) is 0 Å². The molecule has 0 bridgehead atoms. The molecule has 10 heavy (non-hydrogen) atoms. The highest BCUT2D eigenvalue weighted by Crippen LogP contribution is 1.96. The topological polar surface area (TPSA) is 9.23 Å². The number of hydrogen-bond donors (Lipinski definition) is 0. The van der Waals surface area contributed by atoms with Crippen LogP contribution in [0.1, 0.15) is 0 Å². The summed E-state index contributed by atoms with van der Waals surface area (Å²) in [4.78, 5) is 0. The number of allylic oxidation sites excluding steroid dienone is 3. The maximum Gasteiger partial charge on any atom is 0.111 e. The molecule has 0 aromatic carbocycles. The van der Waals surface area contributed by atoms with Gasteiger partial charge in [0.05, 0.1) is 7.11 Å². The van der Waals surface area contributed by atoms with Crippen LogP contribution in [0.15, 0.2) is 36.6 Å². The van der Waals surface area contributed by atoms with Crippen LogP contribution < -0.4 is 0 Å². The fraction of sp³-hybridized carbons (Fsp3) is 0.111. The molecule has 0 saturated carbocycles. The molecule has 0 radical (unpaired) electrons. The first-order valence-electron chi connectivity index (χ1n) is 2.77. The predicted octanol–water partition coefficient (Wildman–Crippen LogP) is 1.89. The molecule has 0 atom stereocenters. The monoisotopic (exact) mass is 134 g/mol. The van der Waals surface area contributed by atoms with Crippen LogP contribution in [0.2, 0.25) is 0 Å².